The number of carbonyl (C=O) groups is 1. The Labute approximate surface area is 185 Å². The summed E-state index contributed by atoms with van der Waals surface area (Å²) < 4.78 is 12.7. The third kappa shape index (κ3) is 3.76. The summed E-state index contributed by atoms with van der Waals surface area (Å²) in [6, 6.07) is 16.0. The monoisotopic (exact) mass is 451 g/mol. The third-order valence-electron chi connectivity index (χ3n) is 4.54. The first-order valence-electron chi connectivity index (χ1n) is 9.13. The van der Waals surface area contributed by atoms with Gasteiger partial charge in [0, 0.05) is 16.1 Å². The first kappa shape index (κ1) is 19.3. The number of nitrogens with one attached hydrogen (secondary N) is 1. The van der Waals surface area contributed by atoms with E-state index in [4.69, 9.17) is 20.8 Å². The predicted octanol–water partition coefficient (Wildman–Crippen LogP) is 5.03. The Morgan fingerprint density at radius 2 is 1.94 bits per heavy atom. The van der Waals surface area contributed by atoms with Gasteiger partial charge in [-0.2, -0.15) is 9.61 Å². The van der Waals surface area contributed by atoms with E-state index in [-0.39, 0.29) is 5.76 Å². The molecule has 0 aliphatic carbocycles. The molecule has 0 radical (unpaired) electrons. The van der Waals surface area contributed by atoms with E-state index in [1.54, 1.807) is 48.0 Å². The van der Waals surface area contributed by atoms with Crippen LogP contribution in [-0.4, -0.2) is 32.8 Å². The number of amides is 1. The first-order valence-corrected chi connectivity index (χ1v) is 10.3. The fraction of sp³-hybridized carbons (Fsp3) is 0.0476. The average molecular weight is 452 g/mol. The van der Waals surface area contributed by atoms with Gasteiger partial charge in [-0.15, -0.1) is 10.2 Å². The summed E-state index contributed by atoms with van der Waals surface area (Å²) in [7, 11) is 1.54. The largest absolute Gasteiger partial charge is 0.495 e. The zero-order chi connectivity index (χ0) is 21.4. The molecule has 0 aliphatic heterocycles. The molecule has 5 aromatic rings. The van der Waals surface area contributed by atoms with Gasteiger partial charge in [0.15, 0.2) is 5.76 Å². The molecule has 2 aromatic carbocycles. The lowest BCUT2D eigenvalue weighted by molar-refractivity contribution is 0.0997. The van der Waals surface area contributed by atoms with Gasteiger partial charge >= 0.3 is 0 Å². The van der Waals surface area contributed by atoms with Gasteiger partial charge in [0.1, 0.15) is 22.8 Å². The Bertz CT molecular complexity index is 1360. The molecule has 0 fully saturated rings. The highest BCUT2D eigenvalue weighted by atomic mass is 35.5. The number of anilines is 1. The molecule has 0 bridgehead atoms. The Morgan fingerprint density at radius 3 is 2.71 bits per heavy atom. The number of hydrogen-bond donors (Lipinski definition) is 1. The van der Waals surface area contributed by atoms with Crippen LogP contribution in [0.5, 0.6) is 5.75 Å². The Kier molecular flexibility index (Phi) is 4.89. The lowest BCUT2D eigenvalue weighted by Gasteiger charge is -2.10. The Morgan fingerprint density at radius 1 is 1.13 bits per heavy atom. The number of hydrogen-bond acceptors (Lipinski definition) is 7. The SMILES string of the molecule is COc1ccc(-c2nn3cnnc3s2)cc1NC(=O)c1ccc(-c2ccc(Cl)cc2)o1. The van der Waals surface area contributed by atoms with E-state index >= 15 is 0 Å². The summed E-state index contributed by atoms with van der Waals surface area (Å²) in [5.41, 5.74) is 2.14. The Hall–Kier alpha value is -3.69. The maximum absolute atomic E-state index is 12.8. The van der Waals surface area contributed by atoms with E-state index < -0.39 is 5.91 Å². The summed E-state index contributed by atoms with van der Waals surface area (Å²) in [6.45, 7) is 0. The molecule has 10 heteroatoms. The van der Waals surface area contributed by atoms with E-state index in [9.17, 15) is 4.79 Å². The molecule has 0 atom stereocenters. The second kappa shape index (κ2) is 7.86. The number of benzene rings is 2. The van der Waals surface area contributed by atoms with Gasteiger partial charge in [-0.05, 0) is 54.6 Å². The lowest BCUT2D eigenvalue weighted by atomic mass is 10.2. The standard InChI is InChI=1S/C21H14ClN5O3S/c1-29-17-7-4-13(20-26-27-11-23-25-21(27)31-20)10-15(17)24-19(28)18-9-8-16(30-18)12-2-5-14(22)6-3-12/h2-11H,1H3,(H,24,28). The maximum Gasteiger partial charge on any atom is 0.291 e. The van der Waals surface area contributed by atoms with Gasteiger partial charge in [-0.1, -0.05) is 22.9 Å². The van der Waals surface area contributed by atoms with E-state index in [2.05, 4.69) is 20.6 Å². The first-order chi connectivity index (χ1) is 15.1. The van der Waals surface area contributed by atoms with Crippen molar-refractivity contribution in [1.82, 2.24) is 19.8 Å². The van der Waals surface area contributed by atoms with Crippen molar-refractivity contribution in [3.8, 4) is 27.6 Å². The van der Waals surface area contributed by atoms with Crippen molar-refractivity contribution < 1.29 is 13.9 Å². The minimum atomic E-state index is -0.395. The average Bonchev–Trinajstić information content (AvgIpc) is 3.50. The van der Waals surface area contributed by atoms with Crippen LogP contribution in [0.4, 0.5) is 5.69 Å². The van der Waals surface area contributed by atoms with Crippen LogP contribution in [0.15, 0.2) is 65.3 Å². The number of methoxy groups -OCH3 is 1. The number of aromatic nitrogens is 4. The van der Waals surface area contributed by atoms with Crippen molar-refractivity contribution in [2.24, 2.45) is 0 Å². The molecule has 3 heterocycles. The minimum absolute atomic E-state index is 0.177. The summed E-state index contributed by atoms with van der Waals surface area (Å²) in [6.07, 6.45) is 1.54. The second-order valence-electron chi connectivity index (χ2n) is 6.51. The van der Waals surface area contributed by atoms with Gasteiger partial charge in [-0.25, -0.2) is 0 Å². The number of halogens is 1. The minimum Gasteiger partial charge on any atom is -0.495 e. The molecule has 0 spiro atoms. The fourth-order valence-electron chi connectivity index (χ4n) is 3.03. The molecule has 0 unspecified atom stereocenters. The molecule has 1 amide bonds. The third-order valence-corrected chi connectivity index (χ3v) is 5.75. The van der Waals surface area contributed by atoms with Crippen LogP contribution in [0, 0.1) is 0 Å². The van der Waals surface area contributed by atoms with E-state index in [1.807, 2.05) is 18.2 Å². The lowest BCUT2D eigenvalue weighted by Crippen LogP contribution is -2.11. The van der Waals surface area contributed by atoms with Crippen LogP contribution in [0.2, 0.25) is 5.02 Å². The number of fused-ring (bicyclic) bond motifs is 1. The topological polar surface area (TPSA) is 94.5 Å². The molecule has 0 saturated heterocycles. The van der Waals surface area contributed by atoms with E-state index in [0.717, 1.165) is 16.1 Å². The smallest absolute Gasteiger partial charge is 0.291 e. The van der Waals surface area contributed by atoms with Crippen molar-refractivity contribution in [3.05, 3.63) is 71.7 Å². The van der Waals surface area contributed by atoms with Gasteiger partial charge in [0.25, 0.3) is 5.91 Å². The normalized spacial score (nSPS) is 11.0. The molecule has 0 saturated carbocycles. The molecule has 8 nitrogen and oxygen atoms in total. The molecule has 3 aromatic heterocycles. The van der Waals surface area contributed by atoms with Crippen LogP contribution in [0.1, 0.15) is 10.6 Å². The molecule has 5 rings (SSSR count). The van der Waals surface area contributed by atoms with E-state index in [1.165, 1.54) is 17.7 Å². The summed E-state index contributed by atoms with van der Waals surface area (Å²) in [4.78, 5) is 13.5. The summed E-state index contributed by atoms with van der Waals surface area (Å²) >= 11 is 7.32. The van der Waals surface area contributed by atoms with Crippen LogP contribution in [0.25, 0.3) is 26.9 Å². The van der Waals surface area contributed by atoms with Gasteiger partial charge in [0.05, 0.1) is 12.8 Å². The highest BCUT2D eigenvalue weighted by Crippen LogP contribution is 2.33. The van der Waals surface area contributed by atoms with Gasteiger partial charge < -0.3 is 14.5 Å². The highest BCUT2D eigenvalue weighted by molar-refractivity contribution is 7.19. The van der Waals surface area contributed by atoms with E-state index in [0.29, 0.717) is 27.2 Å². The molecular weight excluding hydrogens is 438 g/mol. The predicted molar refractivity (Wildman–Crippen MR) is 118 cm³/mol. The van der Waals surface area contributed by atoms with Gasteiger partial charge in [-0.3, -0.25) is 4.79 Å². The number of carbonyl (C=O) groups excluding carboxylic acids is 1. The van der Waals surface area contributed by atoms with Crippen molar-refractivity contribution in [2.75, 3.05) is 12.4 Å². The zero-order valence-electron chi connectivity index (χ0n) is 16.1. The van der Waals surface area contributed by atoms with Crippen LogP contribution in [-0.2, 0) is 0 Å². The highest BCUT2D eigenvalue weighted by Gasteiger charge is 2.17. The maximum atomic E-state index is 12.8. The zero-order valence-corrected chi connectivity index (χ0v) is 17.6. The number of rotatable bonds is 5. The van der Waals surface area contributed by atoms with Crippen LogP contribution >= 0.6 is 22.9 Å². The number of ether oxygens (including phenoxy) is 1. The van der Waals surface area contributed by atoms with Gasteiger partial charge in [0.2, 0.25) is 4.96 Å². The molecule has 31 heavy (non-hydrogen) atoms. The van der Waals surface area contributed by atoms with Crippen molar-refractivity contribution in [2.45, 2.75) is 0 Å². The van der Waals surface area contributed by atoms with Crippen molar-refractivity contribution in [1.29, 1.82) is 0 Å². The van der Waals surface area contributed by atoms with Crippen molar-refractivity contribution in [3.63, 3.8) is 0 Å². The Balaban J connectivity index is 1.41. The van der Waals surface area contributed by atoms with Crippen LogP contribution in [0.3, 0.4) is 0 Å². The van der Waals surface area contributed by atoms with Crippen LogP contribution < -0.4 is 10.1 Å². The quantitative estimate of drug-likeness (QED) is 0.403. The molecule has 1 N–H and O–H groups in total. The fourth-order valence-corrected chi connectivity index (χ4v) is 3.97. The number of furan rings is 1. The van der Waals surface area contributed by atoms with Crippen molar-refractivity contribution >= 4 is 39.5 Å². The summed E-state index contributed by atoms with van der Waals surface area (Å²) in [5, 5.41) is 16.5. The summed E-state index contributed by atoms with van der Waals surface area (Å²) in [5.74, 6) is 0.872. The molecule has 154 valence electrons. The molecule has 0 aliphatic rings. The molecular formula is C21H14ClN5O3S. The number of nitrogens with zero attached hydrogens (tertiary/aromatic N) is 4. The second-order valence-corrected chi connectivity index (χ2v) is 7.90.